The maximum Gasteiger partial charge on any atom is 0.191 e. The summed E-state index contributed by atoms with van der Waals surface area (Å²) < 4.78 is 20.4. The van der Waals surface area contributed by atoms with E-state index >= 15 is 0 Å². The summed E-state index contributed by atoms with van der Waals surface area (Å²) in [5, 5.41) is 10.6. The standard InChI is InChI=1S/C17H24FN5O.HI/c1-4-19-17(21-12-15-9-10-22-23(15)3)20-11-13(2)24-16-7-5-14(18)6-8-16;/h5-10,13H,4,11-12H2,1-3H3,(H2,19,20,21);1H. The largest absolute Gasteiger partial charge is 0.489 e. The molecule has 6 nitrogen and oxygen atoms in total. The quantitative estimate of drug-likeness (QED) is 0.378. The third-order valence-electron chi connectivity index (χ3n) is 3.37. The Hall–Kier alpha value is -1.84. The number of halogens is 2. The minimum Gasteiger partial charge on any atom is -0.489 e. The van der Waals surface area contributed by atoms with Crippen LogP contribution in [0.5, 0.6) is 5.75 Å². The summed E-state index contributed by atoms with van der Waals surface area (Å²) in [5.41, 5.74) is 1.03. The van der Waals surface area contributed by atoms with Crippen molar-refractivity contribution in [3.63, 3.8) is 0 Å². The lowest BCUT2D eigenvalue weighted by Gasteiger charge is -2.17. The Labute approximate surface area is 164 Å². The van der Waals surface area contributed by atoms with Crippen LogP contribution in [0, 0.1) is 5.82 Å². The molecule has 2 rings (SSSR count). The maximum absolute atomic E-state index is 12.9. The highest BCUT2D eigenvalue weighted by atomic mass is 127. The van der Waals surface area contributed by atoms with Crippen molar-refractivity contribution in [2.24, 2.45) is 12.0 Å². The molecule has 1 unspecified atom stereocenters. The average Bonchev–Trinajstić information content (AvgIpc) is 2.97. The fraction of sp³-hybridized carbons (Fsp3) is 0.412. The molecule has 1 atom stereocenters. The van der Waals surface area contributed by atoms with Crippen LogP contribution in [0.4, 0.5) is 4.39 Å². The molecule has 0 aliphatic carbocycles. The number of guanidine groups is 1. The van der Waals surface area contributed by atoms with Crippen LogP contribution in [0.25, 0.3) is 0 Å². The first-order valence-corrected chi connectivity index (χ1v) is 7.99. The number of aromatic nitrogens is 2. The van der Waals surface area contributed by atoms with Crippen molar-refractivity contribution < 1.29 is 9.13 Å². The molecule has 0 spiro atoms. The predicted molar refractivity (Wildman–Crippen MR) is 108 cm³/mol. The normalized spacial score (nSPS) is 12.2. The van der Waals surface area contributed by atoms with Gasteiger partial charge in [0.15, 0.2) is 5.96 Å². The van der Waals surface area contributed by atoms with E-state index in [1.165, 1.54) is 12.1 Å². The number of aryl methyl sites for hydroxylation is 1. The zero-order valence-corrected chi connectivity index (χ0v) is 17.0. The molecule has 138 valence electrons. The van der Waals surface area contributed by atoms with Gasteiger partial charge in [0.2, 0.25) is 0 Å². The SMILES string of the molecule is CCNC(=NCc1ccnn1C)NCC(C)Oc1ccc(F)cc1.I. The Morgan fingerprint density at radius 3 is 2.60 bits per heavy atom. The van der Waals surface area contributed by atoms with Crippen molar-refractivity contribution in [1.82, 2.24) is 20.4 Å². The molecule has 0 radical (unpaired) electrons. The summed E-state index contributed by atoms with van der Waals surface area (Å²) >= 11 is 0. The van der Waals surface area contributed by atoms with Crippen LogP contribution in [-0.2, 0) is 13.6 Å². The Balaban J connectivity index is 0.00000312. The molecule has 0 saturated carbocycles. The van der Waals surface area contributed by atoms with Crippen molar-refractivity contribution in [2.75, 3.05) is 13.1 Å². The van der Waals surface area contributed by atoms with Crippen LogP contribution in [0.1, 0.15) is 19.5 Å². The van der Waals surface area contributed by atoms with Gasteiger partial charge in [-0.25, -0.2) is 9.38 Å². The number of benzene rings is 1. The summed E-state index contributed by atoms with van der Waals surface area (Å²) in [4.78, 5) is 4.54. The number of hydrogen-bond acceptors (Lipinski definition) is 3. The van der Waals surface area contributed by atoms with Crippen LogP contribution in [0.3, 0.4) is 0 Å². The van der Waals surface area contributed by atoms with Gasteiger partial charge >= 0.3 is 0 Å². The highest BCUT2D eigenvalue weighted by molar-refractivity contribution is 14.0. The Morgan fingerprint density at radius 2 is 2.00 bits per heavy atom. The van der Waals surface area contributed by atoms with Gasteiger partial charge in [-0.1, -0.05) is 0 Å². The van der Waals surface area contributed by atoms with Gasteiger partial charge < -0.3 is 15.4 Å². The lowest BCUT2D eigenvalue weighted by atomic mass is 10.3. The van der Waals surface area contributed by atoms with Crippen molar-refractivity contribution in [2.45, 2.75) is 26.5 Å². The van der Waals surface area contributed by atoms with Gasteiger partial charge in [-0.3, -0.25) is 4.68 Å². The average molecular weight is 461 g/mol. The number of rotatable bonds is 7. The van der Waals surface area contributed by atoms with Gasteiger partial charge in [-0.2, -0.15) is 5.10 Å². The van der Waals surface area contributed by atoms with Gasteiger partial charge in [-0.05, 0) is 44.2 Å². The summed E-state index contributed by atoms with van der Waals surface area (Å²) in [7, 11) is 1.89. The van der Waals surface area contributed by atoms with Crippen LogP contribution in [0.2, 0.25) is 0 Å². The van der Waals surface area contributed by atoms with E-state index in [2.05, 4.69) is 20.7 Å². The molecule has 1 aromatic carbocycles. The molecule has 0 amide bonds. The third kappa shape index (κ3) is 7.29. The summed E-state index contributed by atoms with van der Waals surface area (Å²) in [5.74, 6) is 1.08. The molecule has 2 aromatic rings. The fourth-order valence-corrected chi connectivity index (χ4v) is 2.09. The molecule has 2 N–H and O–H groups in total. The smallest absolute Gasteiger partial charge is 0.191 e. The molecule has 25 heavy (non-hydrogen) atoms. The topological polar surface area (TPSA) is 63.5 Å². The Bertz CT molecular complexity index is 659. The van der Waals surface area contributed by atoms with Gasteiger partial charge in [0.05, 0.1) is 18.8 Å². The van der Waals surface area contributed by atoms with E-state index in [4.69, 9.17) is 4.74 Å². The first-order chi connectivity index (χ1) is 11.6. The molecular weight excluding hydrogens is 436 g/mol. The second kappa shape index (κ2) is 10.9. The van der Waals surface area contributed by atoms with E-state index in [0.29, 0.717) is 24.8 Å². The van der Waals surface area contributed by atoms with Crippen molar-refractivity contribution >= 4 is 29.9 Å². The van der Waals surface area contributed by atoms with E-state index < -0.39 is 0 Å². The predicted octanol–water partition coefficient (Wildman–Crippen LogP) is 2.70. The molecule has 0 bridgehead atoms. The lowest BCUT2D eigenvalue weighted by molar-refractivity contribution is 0.223. The molecule has 1 aromatic heterocycles. The molecule has 0 aliphatic rings. The maximum atomic E-state index is 12.9. The van der Waals surface area contributed by atoms with E-state index in [1.54, 1.807) is 23.0 Å². The first kappa shape index (κ1) is 21.2. The molecule has 0 saturated heterocycles. The van der Waals surface area contributed by atoms with Crippen LogP contribution >= 0.6 is 24.0 Å². The van der Waals surface area contributed by atoms with Gasteiger partial charge in [0, 0.05) is 19.8 Å². The highest BCUT2D eigenvalue weighted by Crippen LogP contribution is 2.12. The zero-order chi connectivity index (χ0) is 17.4. The van der Waals surface area contributed by atoms with E-state index in [0.717, 1.165) is 12.2 Å². The number of aliphatic imine (C=N–C) groups is 1. The Morgan fingerprint density at radius 1 is 1.28 bits per heavy atom. The van der Waals surface area contributed by atoms with Crippen molar-refractivity contribution in [1.29, 1.82) is 0 Å². The summed E-state index contributed by atoms with van der Waals surface area (Å²) in [6.07, 6.45) is 1.67. The van der Waals surface area contributed by atoms with Crippen molar-refractivity contribution in [3.8, 4) is 5.75 Å². The van der Waals surface area contributed by atoms with Gasteiger partial charge in [0.1, 0.15) is 17.7 Å². The fourth-order valence-electron chi connectivity index (χ4n) is 2.09. The second-order valence-electron chi connectivity index (χ2n) is 5.40. The third-order valence-corrected chi connectivity index (χ3v) is 3.37. The van der Waals surface area contributed by atoms with Crippen LogP contribution in [-0.4, -0.2) is 34.9 Å². The highest BCUT2D eigenvalue weighted by Gasteiger charge is 2.06. The molecule has 0 aliphatic heterocycles. The van der Waals surface area contributed by atoms with Crippen molar-refractivity contribution in [3.05, 3.63) is 48.0 Å². The number of hydrogen-bond donors (Lipinski definition) is 2. The number of nitrogens with zero attached hydrogens (tertiary/aromatic N) is 3. The molecule has 8 heteroatoms. The second-order valence-corrected chi connectivity index (χ2v) is 5.40. The molecular formula is C17H25FIN5O. The lowest BCUT2D eigenvalue weighted by Crippen LogP contribution is -2.41. The van der Waals surface area contributed by atoms with Gasteiger partial charge in [-0.15, -0.1) is 24.0 Å². The van der Waals surface area contributed by atoms with E-state index in [1.807, 2.05) is 27.0 Å². The number of nitrogens with one attached hydrogen (secondary N) is 2. The minimum atomic E-state index is -0.273. The summed E-state index contributed by atoms with van der Waals surface area (Å²) in [6.45, 7) is 5.85. The van der Waals surface area contributed by atoms with Crippen LogP contribution < -0.4 is 15.4 Å². The number of ether oxygens (including phenoxy) is 1. The zero-order valence-electron chi connectivity index (χ0n) is 14.7. The molecule has 0 fully saturated rings. The van der Waals surface area contributed by atoms with Gasteiger partial charge in [0.25, 0.3) is 0 Å². The Kier molecular flexibility index (Phi) is 9.25. The summed E-state index contributed by atoms with van der Waals surface area (Å²) in [6, 6.07) is 7.94. The van der Waals surface area contributed by atoms with E-state index in [9.17, 15) is 4.39 Å². The van der Waals surface area contributed by atoms with Crippen LogP contribution in [0.15, 0.2) is 41.5 Å². The molecule has 1 heterocycles. The monoisotopic (exact) mass is 461 g/mol. The minimum absolute atomic E-state index is 0. The van der Waals surface area contributed by atoms with E-state index in [-0.39, 0.29) is 35.9 Å². The first-order valence-electron chi connectivity index (χ1n) is 7.99.